The van der Waals surface area contributed by atoms with E-state index in [0.717, 1.165) is 6.42 Å². The molecule has 0 aromatic carbocycles. The molecule has 1 aromatic heterocycles. The predicted molar refractivity (Wildman–Crippen MR) is 72.5 cm³/mol. The molecule has 18 heavy (non-hydrogen) atoms. The molecule has 0 bridgehead atoms. The van der Waals surface area contributed by atoms with Gasteiger partial charge in [-0.2, -0.15) is 0 Å². The van der Waals surface area contributed by atoms with Gasteiger partial charge in [-0.1, -0.05) is 20.8 Å². The van der Waals surface area contributed by atoms with Crippen LogP contribution < -0.4 is 5.32 Å². The number of rotatable bonds is 3. The molecule has 4 heteroatoms. The molecule has 0 saturated carbocycles. The minimum atomic E-state index is -0.145. The molecule has 1 N–H and O–H groups in total. The van der Waals surface area contributed by atoms with Crippen LogP contribution in [0.15, 0.2) is 12.1 Å². The van der Waals surface area contributed by atoms with Gasteiger partial charge >= 0.3 is 0 Å². The Labute approximate surface area is 112 Å². The van der Waals surface area contributed by atoms with E-state index in [1.165, 1.54) is 9.75 Å². The van der Waals surface area contributed by atoms with Crippen LogP contribution in [-0.4, -0.2) is 11.8 Å². The summed E-state index contributed by atoms with van der Waals surface area (Å²) in [5.74, 6) is -0.0519. The van der Waals surface area contributed by atoms with Crippen LogP contribution in [0.1, 0.15) is 42.9 Å². The van der Waals surface area contributed by atoms with Crippen molar-refractivity contribution in [3.8, 4) is 0 Å². The molecular weight excluding hydrogens is 246 g/mol. The molecule has 2 rings (SSSR count). The molecule has 2 heterocycles. The Kier molecular flexibility index (Phi) is 3.85. The Bertz CT molecular complexity index is 464. The molecular formula is C14H19NO2S. The van der Waals surface area contributed by atoms with Crippen molar-refractivity contribution in [2.75, 3.05) is 0 Å². The van der Waals surface area contributed by atoms with Gasteiger partial charge in [-0.3, -0.25) is 14.9 Å². The standard InChI is InChI=1S/C14H19NO2S/c1-4-9-5-6-11(18-9)10-7-12(16)15-14(17)13(10)8(2)3/h5-6,8,10,13H,4,7H2,1-3H3,(H,15,16,17). The molecule has 1 aromatic rings. The average Bonchev–Trinajstić information content (AvgIpc) is 2.75. The summed E-state index contributed by atoms with van der Waals surface area (Å²) in [4.78, 5) is 26.0. The summed E-state index contributed by atoms with van der Waals surface area (Å²) in [7, 11) is 0. The maximum atomic E-state index is 12.0. The summed E-state index contributed by atoms with van der Waals surface area (Å²) in [6.07, 6.45) is 1.43. The Morgan fingerprint density at radius 2 is 2.11 bits per heavy atom. The average molecular weight is 265 g/mol. The van der Waals surface area contributed by atoms with Gasteiger partial charge in [-0.25, -0.2) is 0 Å². The number of hydrogen-bond acceptors (Lipinski definition) is 3. The van der Waals surface area contributed by atoms with Crippen LogP contribution in [0.4, 0.5) is 0 Å². The first-order valence-corrected chi connectivity index (χ1v) is 7.26. The SMILES string of the molecule is CCc1ccc(C2CC(=O)NC(=O)C2C(C)C)s1. The van der Waals surface area contributed by atoms with Crippen LogP contribution in [0.5, 0.6) is 0 Å². The third kappa shape index (κ3) is 2.48. The zero-order valence-corrected chi connectivity index (χ0v) is 11.8. The number of imide groups is 1. The van der Waals surface area contributed by atoms with Crippen molar-refractivity contribution < 1.29 is 9.59 Å². The third-order valence-corrected chi connectivity index (χ3v) is 4.88. The third-order valence-electron chi connectivity index (χ3n) is 3.52. The van der Waals surface area contributed by atoms with Gasteiger partial charge in [-0.15, -0.1) is 11.3 Å². The van der Waals surface area contributed by atoms with E-state index in [1.54, 1.807) is 11.3 Å². The number of carbonyl (C=O) groups is 2. The zero-order valence-electron chi connectivity index (χ0n) is 11.0. The Hall–Kier alpha value is -1.16. The van der Waals surface area contributed by atoms with Gasteiger partial charge in [0, 0.05) is 28.0 Å². The minimum absolute atomic E-state index is 0.0524. The topological polar surface area (TPSA) is 46.2 Å². The Morgan fingerprint density at radius 3 is 2.67 bits per heavy atom. The number of aryl methyl sites for hydroxylation is 1. The lowest BCUT2D eigenvalue weighted by Crippen LogP contribution is -2.46. The van der Waals surface area contributed by atoms with Gasteiger partial charge in [0.1, 0.15) is 0 Å². The summed E-state index contributed by atoms with van der Waals surface area (Å²) in [6.45, 7) is 6.21. The van der Waals surface area contributed by atoms with Gasteiger partial charge in [0.05, 0.1) is 0 Å². The molecule has 0 radical (unpaired) electrons. The number of nitrogens with one attached hydrogen (secondary N) is 1. The second-order valence-corrected chi connectivity index (χ2v) is 6.35. The molecule has 0 spiro atoms. The van der Waals surface area contributed by atoms with Crippen molar-refractivity contribution in [2.45, 2.75) is 39.5 Å². The van der Waals surface area contributed by atoms with Crippen LogP contribution in [0.2, 0.25) is 0 Å². The molecule has 98 valence electrons. The highest BCUT2D eigenvalue weighted by Gasteiger charge is 2.39. The summed E-state index contributed by atoms with van der Waals surface area (Å²) >= 11 is 1.73. The lowest BCUT2D eigenvalue weighted by Gasteiger charge is -2.32. The van der Waals surface area contributed by atoms with E-state index in [-0.39, 0.29) is 29.6 Å². The molecule has 2 amide bonds. The fraction of sp³-hybridized carbons (Fsp3) is 0.571. The number of thiophene rings is 1. The van der Waals surface area contributed by atoms with E-state index in [4.69, 9.17) is 0 Å². The lowest BCUT2D eigenvalue weighted by molar-refractivity contribution is -0.138. The van der Waals surface area contributed by atoms with Crippen LogP contribution in [-0.2, 0) is 16.0 Å². The van der Waals surface area contributed by atoms with Crippen LogP contribution in [0.25, 0.3) is 0 Å². The fourth-order valence-electron chi connectivity index (χ4n) is 2.61. The fourth-order valence-corrected chi connectivity index (χ4v) is 3.71. The smallest absolute Gasteiger partial charge is 0.230 e. The number of amides is 2. The zero-order chi connectivity index (χ0) is 13.3. The molecule has 1 fully saturated rings. The number of piperidine rings is 1. The first-order valence-electron chi connectivity index (χ1n) is 6.45. The molecule has 2 unspecified atom stereocenters. The normalized spacial score (nSPS) is 24.4. The van der Waals surface area contributed by atoms with Gasteiger partial charge in [0.15, 0.2) is 0 Å². The quantitative estimate of drug-likeness (QED) is 0.854. The van der Waals surface area contributed by atoms with E-state index in [1.807, 2.05) is 13.8 Å². The van der Waals surface area contributed by atoms with E-state index < -0.39 is 0 Å². The van der Waals surface area contributed by atoms with Crippen LogP contribution in [0, 0.1) is 11.8 Å². The first kappa shape index (κ1) is 13.3. The number of carbonyl (C=O) groups excluding carboxylic acids is 2. The summed E-state index contributed by atoms with van der Waals surface area (Å²) in [5, 5.41) is 2.46. The maximum absolute atomic E-state index is 12.0. The van der Waals surface area contributed by atoms with E-state index in [0.29, 0.717) is 6.42 Å². The maximum Gasteiger partial charge on any atom is 0.230 e. The monoisotopic (exact) mass is 265 g/mol. The lowest BCUT2D eigenvalue weighted by atomic mass is 9.77. The van der Waals surface area contributed by atoms with E-state index >= 15 is 0 Å². The molecule has 1 aliphatic rings. The largest absolute Gasteiger partial charge is 0.296 e. The van der Waals surface area contributed by atoms with Crippen molar-refractivity contribution in [2.24, 2.45) is 11.8 Å². The van der Waals surface area contributed by atoms with Crippen LogP contribution >= 0.6 is 11.3 Å². The number of hydrogen-bond donors (Lipinski definition) is 1. The summed E-state index contributed by atoms with van der Waals surface area (Å²) < 4.78 is 0. The highest BCUT2D eigenvalue weighted by Crippen LogP contribution is 2.39. The van der Waals surface area contributed by atoms with Crippen molar-refractivity contribution in [3.05, 3.63) is 21.9 Å². The summed E-state index contributed by atoms with van der Waals surface area (Å²) in [5.41, 5.74) is 0. The first-order chi connectivity index (χ1) is 8.52. The minimum Gasteiger partial charge on any atom is -0.296 e. The Morgan fingerprint density at radius 1 is 1.39 bits per heavy atom. The van der Waals surface area contributed by atoms with Gasteiger partial charge in [0.2, 0.25) is 11.8 Å². The molecule has 3 nitrogen and oxygen atoms in total. The molecule has 1 aliphatic heterocycles. The highest BCUT2D eigenvalue weighted by atomic mass is 32.1. The molecule has 2 atom stereocenters. The molecule has 0 aliphatic carbocycles. The highest BCUT2D eigenvalue weighted by molar-refractivity contribution is 7.12. The second kappa shape index (κ2) is 5.22. The second-order valence-electron chi connectivity index (χ2n) is 5.15. The Balaban J connectivity index is 2.31. The van der Waals surface area contributed by atoms with Crippen molar-refractivity contribution in [1.29, 1.82) is 0 Å². The van der Waals surface area contributed by atoms with Gasteiger partial charge in [0.25, 0.3) is 0 Å². The van der Waals surface area contributed by atoms with Crippen molar-refractivity contribution in [1.82, 2.24) is 5.32 Å². The van der Waals surface area contributed by atoms with Crippen molar-refractivity contribution in [3.63, 3.8) is 0 Å². The van der Waals surface area contributed by atoms with E-state index in [2.05, 4.69) is 24.4 Å². The van der Waals surface area contributed by atoms with Gasteiger partial charge < -0.3 is 0 Å². The van der Waals surface area contributed by atoms with E-state index in [9.17, 15) is 9.59 Å². The van der Waals surface area contributed by atoms with Crippen LogP contribution in [0.3, 0.4) is 0 Å². The molecule has 1 saturated heterocycles. The van der Waals surface area contributed by atoms with Crippen molar-refractivity contribution >= 4 is 23.2 Å². The summed E-state index contributed by atoms with van der Waals surface area (Å²) in [6, 6.07) is 4.18. The van der Waals surface area contributed by atoms with Gasteiger partial charge in [-0.05, 0) is 24.5 Å². The predicted octanol–water partition coefficient (Wildman–Crippen LogP) is 2.71.